The molecule has 0 fully saturated rings. The van der Waals surface area contributed by atoms with Gasteiger partial charge in [0.05, 0.1) is 11.9 Å². The van der Waals surface area contributed by atoms with E-state index in [0.717, 1.165) is 38.9 Å². The van der Waals surface area contributed by atoms with E-state index in [2.05, 4.69) is 42.1 Å². The molecule has 2 rings (SSSR count). The molecule has 0 unspecified atom stereocenters. The highest BCUT2D eigenvalue weighted by Gasteiger charge is 2.14. The van der Waals surface area contributed by atoms with Gasteiger partial charge < -0.3 is 5.32 Å². The van der Waals surface area contributed by atoms with Gasteiger partial charge >= 0.3 is 0 Å². The van der Waals surface area contributed by atoms with Crippen molar-refractivity contribution in [3.63, 3.8) is 0 Å². The van der Waals surface area contributed by atoms with E-state index in [1.165, 1.54) is 22.5 Å². The van der Waals surface area contributed by atoms with Crippen LogP contribution in [-0.4, -0.2) is 26.1 Å². The Bertz CT molecular complexity index is 567. The van der Waals surface area contributed by atoms with Crippen LogP contribution >= 0.6 is 0 Å². The normalized spacial score (nSPS) is 11.2. The average Bonchev–Trinajstić information content (AvgIpc) is 3.05. The maximum Gasteiger partial charge on any atom is 0.0669 e. The largest absolute Gasteiger partial charge is 0.313 e. The molecule has 0 atom stereocenters. The number of aryl methyl sites for hydroxylation is 4. The molecular weight excluding hydrogens is 262 g/mol. The van der Waals surface area contributed by atoms with Crippen molar-refractivity contribution in [1.82, 2.24) is 24.9 Å². The van der Waals surface area contributed by atoms with Crippen LogP contribution in [0.3, 0.4) is 0 Å². The van der Waals surface area contributed by atoms with Gasteiger partial charge in [-0.2, -0.15) is 10.2 Å². The number of rotatable bonds is 8. The molecule has 0 spiro atoms. The molecular formula is C16H27N5. The van der Waals surface area contributed by atoms with Gasteiger partial charge in [0.15, 0.2) is 0 Å². The molecule has 21 heavy (non-hydrogen) atoms. The Balaban J connectivity index is 2.15. The predicted molar refractivity (Wildman–Crippen MR) is 85.3 cm³/mol. The molecule has 2 aromatic rings. The Morgan fingerprint density at radius 3 is 2.57 bits per heavy atom. The van der Waals surface area contributed by atoms with Crippen LogP contribution in [-0.2, 0) is 39.4 Å². The van der Waals surface area contributed by atoms with Crippen LogP contribution in [0.2, 0.25) is 0 Å². The third-order valence-corrected chi connectivity index (χ3v) is 3.84. The van der Waals surface area contributed by atoms with Gasteiger partial charge in [-0.1, -0.05) is 20.8 Å². The van der Waals surface area contributed by atoms with Gasteiger partial charge in [0.2, 0.25) is 0 Å². The van der Waals surface area contributed by atoms with E-state index in [1.807, 2.05) is 17.9 Å². The highest BCUT2D eigenvalue weighted by atomic mass is 15.3. The van der Waals surface area contributed by atoms with E-state index < -0.39 is 0 Å². The Morgan fingerprint density at radius 1 is 1.19 bits per heavy atom. The summed E-state index contributed by atoms with van der Waals surface area (Å²) in [5.41, 5.74) is 5.27. The molecule has 0 aliphatic rings. The molecule has 0 radical (unpaired) electrons. The lowest BCUT2D eigenvalue weighted by Crippen LogP contribution is -2.14. The van der Waals surface area contributed by atoms with E-state index in [1.54, 1.807) is 0 Å². The average molecular weight is 289 g/mol. The van der Waals surface area contributed by atoms with E-state index in [9.17, 15) is 0 Å². The Morgan fingerprint density at radius 2 is 2.00 bits per heavy atom. The maximum absolute atomic E-state index is 4.82. The fourth-order valence-electron chi connectivity index (χ4n) is 2.74. The zero-order chi connectivity index (χ0) is 15.2. The Hall–Kier alpha value is -1.62. The summed E-state index contributed by atoms with van der Waals surface area (Å²) >= 11 is 0. The molecule has 0 amide bonds. The lowest BCUT2D eigenvalue weighted by molar-refractivity contribution is 0.579. The van der Waals surface area contributed by atoms with Crippen LogP contribution in [0.15, 0.2) is 12.4 Å². The summed E-state index contributed by atoms with van der Waals surface area (Å²) < 4.78 is 4.05. The second kappa shape index (κ2) is 7.41. The number of aromatic nitrogens is 4. The number of nitrogens with zero attached hydrogens (tertiary/aromatic N) is 4. The third kappa shape index (κ3) is 3.73. The Labute approximate surface area is 127 Å². The minimum atomic E-state index is 0.925. The van der Waals surface area contributed by atoms with Crippen molar-refractivity contribution in [2.75, 3.05) is 6.54 Å². The Kier molecular flexibility index (Phi) is 5.56. The summed E-state index contributed by atoms with van der Waals surface area (Å²) in [6.07, 6.45) is 7.02. The lowest BCUT2D eigenvalue weighted by Gasteiger charge is -2.08. The van der Waals surface area contributed by atoms with Gasteiger partial charge in [-0.3, -0.25) is 9.36 Å². The topological polar surface area (TPSA) is 47.7 Å². The lowest BCUT2D eigenvalue weighted by atomic mass is 10.1. The van der Waals surface area contributed by atoms with Crippen molar-refractivity contribution in [2.24, 2.45) is 7.05 Å². The molecule has 0 aliphatic heterocycles. The summed E-state index contributed by atoms with van der Waals surface area (Å²) in [6, 6.07) is 0. The first-order valence-corrected chi connectivity index (χ1v) is 7.95. The number of hydrogen-bond acceptors (Lipinski definition) is 3. The van der Waals surface area contributed by atoms with Crippen molar-refractivity contribution in [2.45, 2.75) is 53.1 Å². The first kappa shape index (κ1) is 15.8. The van der Waals surface area contributed by atoms with Crippen LogP contribution in [0.5, 0.6) is 0 Å². The van der Waals surface area contributed by atoms with Crippen LogP contribution < -0.4 is 5.32 Å². The van der Waals surface area contributed by atoms with E-state index in [0.29, 0.717) is 0 Å². The molecule has 0 aromatic carbocycles. The maximum atomic E-state index is 4.82. The van der Waals surface area contributed by atoms with Crippen molar-refractivity contribution >= 4 is 0 Å². The van der Waals surface area contributed by atoms with E-state index >= 15 is 0 Å². The van der Waals surface area contributed by atoms with Gasteiger partial charge in [-0.25, -0.2) is 0 Å². The summed E-state index contributed by atoms with van der Waals surface area (Å²) in [5, 5.41) is 12.5. The highest BCUT2D eigenvalue weighted by molar-refractivity contribution is 5.27. The van der Waals surface area contributed by atoms with Crippen molar-refractivity contribution in [1.29, 1.82) is 0 Å². The minimum absolute atomic E-state index is 0.925. The van der Waals surface area contributed by atoms with Crippen LogP contribution in [0.4, 0.5) is 0 Å². The molecule has 1 N–H and O–H groups in total. The monoisotopic (exact) mass is 289 g/mol. The molecule has 5 heteroatoms. The van der Waals surface area contributed by atoms with E-state index in [-0.39, 0.29) is 0 Å². The molecule has 0 saturated carbocycles. The van der Waals surface area contributed by atoms with E-state index in [4.69, 9.17) is 5.10 Å². The SMILES string of the molecule is CCNCc1c(CC)nn(CCc2cnn(C)c2)c1CC. The molecule has 2 heterocycles. The van der Waals surface area contributed by atoms with Gasteiger partial charge in [-0.15, -0.1) is 0 Å². The quantitative estimate of drug-likeness (QED) is 0.809. The predicted octanol–water partition coefficient (Wildman–Crippen LogP) is 2.09. The molecule has 116 valence electrons. The fraction of sp³-hybridized carbons (Fsp3) is 0.625. The van der Waals surface area contributed by atoms with Gasteiger partial charge in [0, 0.05) is 37.6 Å². The van der Waals surface area contributed by atoms with Gasteiger partial charge in [-0.05, 0) is 31.4 Å². The summed E-state index contributed by atoms with van der Waals surface area (Å²) in [6.45, 7) is 9.39. The first-order valence-electron chi connectivity index (χ1n) is 7.95. The molecule has 0 saturated heterocycles. The summed E-state index contributed by atoms with van der Waals surface area (Å²) in [5.74, 6) is 0. The van der Waals surface area contributed by atoms with Crippen LogP contribution in [0.1, 0.15) is 43.3 Å². The van der Waals surface area contributed by atoms with Crippen LogP contribution in [0.25, 0.3) is 0 Å². The van der Waals surface area contributed by atoms with Crippen molar-refractivity contribution in [3.8, 4) is 0 Å². The first-order chi connectivity index (χ1) is 10.2. The molecule has 5 nitrogen and oxygen atoms in total. The third-order valence-electron chi connectivity index (χ3n) is 3.84. The number of hydrogen-bond donors (Lipinski definition) is 1. The van der Waals surface area contributed by atoms with Crippen molar-refractivity contribution < 1.29 is 0 Å². The molecule has 0 bridgehead atoms. The second-order valence-corrected chi connectivity index (χ2v) is 5.35. The van der Waals surface area contributed by atoms with Crippen molar-refractivity contribution in [3.05, 3.63) is 34.9 Å². The standard InChI is InChI=1S/C16H27N5/c1-5-15-14(11-17-7-3)16(6-2)21(19-15)9-8-13-10-18-20(4)12-13/h10,12,17H,5-9,11H2,1-4H3. The highest BCUT2D eigenvalue weighted by Crippen LogP contribution is 2.17. The fourth-order valence-corrected chi connectivity index (χ4v) is 2.74. The van der Waals surface area contributed by atoms with Gasteiger partial charge in [0.1, 0.15) is 0 Å². The van der Waals surface area contributed by atoms with Gasteiger partial charge in [0.25, 0.3) is 0 Å². The minimum Gasteiger partial charge on any atom is -0.313 e. The zero-order valence-corrected chi connectivity index (χ0v) is 13.7. The summed E-state index contributed by atoms with van der Waals surface area (Å²) in [7, 11) is 1.96. The number of nitrogens with one attached hydrogen (secondary N) is 1. The summed E-state index contributed by atoms with van der Waals surface area (Å²) in [4.78, 5) is 0. The van der Waals surface area contributed by atoms with Crippen LogP contribution in [0, 0.1) is 0 Å². The molecule has 0 aliphatic carbocycles. The smallest absolute Gasteiger partial charge is 0.0669 e. The zero-order valence-electron chi connectivity index (χ0n) is 13.7. The molecule has 2 aromatic heterocycles. The second-order valence-electron chi connectivity index (χ2n) is 5.35.